The summed E-state index contributed by atoms with van der Waals surface area (Å²) in [6.45, 7) is 3.98. The molecule has 0 bridgehead atoms. The van der Waals surface area contributed by atoms with Crippen LogP contribution in [0.25, 0.3) is 0 Å². The average molecular weight is 222 g/mol. The molecular formula is C12H18N2O2. The summed E-state index contributed by atoms with van der Waals surface area (Å²) in [5, 5.41) is 2.88. The molecule has 4 atom stereocenters. The van der Waals surface area contributed by atoms with Crippen LogP contribution in [-0.2, 0) is 9.59 Å². The summed E-state index contributed by atoms with van der Waals surface area (Å²) >= 11 is 0. The number of rotatable bonds is 2. The Morgan fingerprint density at radius 2 is 1.88 bits per heavy atom. The van der Waals surface area contributed by atoms with Crippen LogP contribution >= 0.6 is 0 Å². The summed E-state index contributed by atoms with van der Waals surface area (Å²) < 4.78 is 0. The molecule has 1 aliphatic heterocycles. The third-order valence-corrected chi connectivity index (χ3v) is 4.13. The average Bonchev–Trinajstić information content (AvgIpc) is 3.10. The maximum absolute atomic E-state index is 12.3. The first-order valence-corrected chi connectivity index (χ1v) is 6.22. The van der Waals surface area contributed by atoms with Crippen LogP contribution in [-0.4, -0.2) is 34.8 Å². The normalized spacial score (nSPS) is 43.2. The van der Waals surface area contributed by atoms with Crippen LogP contribution in [0, 0.1) is 11.8 Å². The smallest absolute Gasteiger partial charge is 0.246 e. The first kappa shape index (κ1) is 10.1. The molecule has 88 valence electrons. The topological polar surface area (TPSA) is 49.4 Å². The molecule has 3 aliphatic rings. The lowest BCUT2D eigenvalue weighted by atomic mass is 10.0. The van der Waals surface area contributed by atoms with E-state index in [0.29, 0.717) is 17.9 Å². The summed E-state index contributed by atoms with van der Waals surface area (Å²) in [6.07, 6.45) is 3.22. The lowest BCUT2D eigenvalue weighted by Crippen LogP contribution is -2.63. The zero-order valence-corrected chi connectivity index (χ0v) is 9.77. The number of amides is 2. The van der Waals surface area contributed by atoms with Crippen molar-refractivity contribution in [2.24, 2.45) is 11.8 Å². The minimum Gasteiger partial charge on any atom is -0.342 e. The van der Waals surface area contributed by atoms with E-state index in [-0.39, 0.29) is 23.9 Å². The van der Waals surface area contributed by atoms with E-state index in [9.17, 15) is 9.59 Å². The molecule has 1 heterocycles. The molecule has 1 N–H and O–H groups in total. The van der Waals surface area contributed by atoms with Crippen molar-refractivity contribution in [1.82, 2.24) is 10.2 Å². The van der Waals surface area contributed by atoms with Gasteiger partial charge in [0.05, 0.1) is 0 Å². The fourth-order valence-electron chi connectivity index (χ4n) is 2.70. The lowest BCUT2D eigenvalue weighted by molar-refractivity contribution is -0.150. The molecule has 1 saturated heterocycles. The molecule has 0 spiro atoms. The highest BCUT2D eigenvalue weighted by Crippen LogP contribution is 2.41. The Balaban J connectivity index is 1.82. The molecule has 3 fully saturated rings. The number of hydrogen-bond acceptors (Lipinski definition) is 2. The van der Waals surface area contributed by atoms with Gasteiger partial charge in [-0.15, -0.1) is 0 Å². The van der Waals surface area contributed by atoms with Crippen LogP contribution in [0.1, 0.15) is 33.1 Å². The summed E-state index contributed by atoms with van der Waals surface area (Å²) in [5.74, 6) is 1.15. The van der Waals surface area contributed by atoms with Crippen molar-refractivity contribution >= 4 is 11.8 Å². The van der Waals surface area contributed by atoms with Crippen LogP contribution in [0.3, 0.4) is 0 Å². The molecule has 0 aromatic rings. The summed E-state index contributed by atoms with van der Waals surface area (Å²) in [5.41, 5.74) is 0. The van der Waals surface area contributed by atoms with E-state index >= 15 is 0 Å². The maximum atomic E-state index is 12.3. The highest BCUT2D eigenvalue weighted by Gasteiger charge is 2.51. The Labute approximate surface area is 95.4 Å². The molecule has 2 aliphatic carbocycles. The van der Waals surface area contributed by atoms with Gasteiger partial charge in [0, 0.05) is 6.04 Å². The number of nitrogens with one attached hydrogen (secondary N) is 1. The van der Waals surface area contributed by atoms with Gasteiger partial charge in [-0.05, 0) is 38.0 Å². The number of carbonyl (C=O) groups excluding carboxylic acids is 2. The molecule has 3 rings (SSSR count). The van der Waals surface area contributed by atoms with Gasteiger partial charge in [0.1, 0.15) is 12.1 Å². The van der Waals surface area contributed by atoms with Crippen molar-refractivity contribution in [1.29, 1.82) is 0 Å². The molecule has 0 aromatic carbocycles. The molecule has 2 saturated carbocycles. The van der Waals surface area contributed by atoms with Crippen molar-refractivity contribution in [2.45, 2.75) is 51.2 Å². The number of carbonyl (C=O) groups is 2. The predicted molar refractivity (Wildman–Crippen MR) is 58.5 cm³/mol. The fraction of sp³-hybridized carbons (Fsp3) is 0.833. The van der Waals surface area contributed by atoms with Gasteiger partial charge in [0.15, 0.2) is 0 Å². The SMILES string of the molecule is CC1CC1N1C(=O)C(C2CC2)NC(=O)C1C. The molecular weight excluding hydrogens is 204 g/mol. The second-order valence-corrected chi connectivity index (χ2v) is 5.53. The van der Waals surface area contributed by atoms with E-state index in [1.807, 2.05) is 11.8 Å². The van der Waals surface area contributed by atoms with Gasteiger partial charge >= 0.3 is 0 Å². The predicted octanol–water partition coefficient (Wildman–Crippen LogP) is 0.520. The van der Waals surface area contributed by atoms with Crippen molar-refractivity contribution in [3.8, 4) is 0 Å². The Hall–Kier alpha value is -1.06. The van der Waals surface area contributed by atoms with E-state index in [1.165, 1.54) is 0 Å². The Morgan fingerprint density at radius 3 is 2.38 bits per heavy atom. The summed E-state index contributed by atoms with van der Waals surface area (Å²) in [7, 11) is 0. The van der Waals surface area contributed by atoms with E-state index in [1.54, 1.807) is 0 Å². The van der Waals surface area contributed by atoms with Crippen molar-refractivity contribution in [3.63, 3.8) is 0 Å². The Bertz CT molecular complexity index is 351. The zero-order valence-electron chi connectivity index (χ0n) is 9.77. The van der Waals surface area contributed by atoms with Gasteiger partial charge in [-0.3, -0.25) is 9.59 Å². The van der Waals surface area contributed by atoms with E-state index in [0.717, 1.165) is 19.3 Å². The molecule has 4 nitrogen and oxygen atoms in total. The van der Waals surface area contributed by atoms with Gasteiger partial charge in [-0.2, -0.15) is 0 Å². The number of piperazine rings is 1. The van der Waals surface area contributed by atoms with E-state index < -0.39 is 0 Å². The minimum atomic E-state index is -0.280. The van der Waals surface area contributed by atoms with Crippen LogP contribution in [0.5, 0.6) is 0 Å². The van der Waals surface area contributed by atoms with Crippen LogP contribution in [0.2, 0.25) is 0 Å². The second-order valence-electron chi connectivity index (χ2n) is 5.53. The largest absolute Gasteiger partial charge is 0.342 e. The van der Waals surface area contributed by atoms with Gasteiger partial charge < -0.3 is 10.2 Å². The van der Waals surface area contributed by atoms with Crippen molar-refractivity contribution in [2.75, 3.05) is 0 Å². The van der Waals surface area contributed by atoms with E-state index in [2.05, 4.69) is 12.2 Å². The minimum absolute atomic E-state index is 0.0237. The first-order chi connectivity index (χ1) is 7.59. The first-order valence-electron chi connectivity index (χ1n) is 6.22. The highest BCUT2D eigenvalue weighted by molar-refractivity contribution is 5.97. The standard InChI is InChI=1S/C12H18N2O2/c1-6-5-9(6)14-7(2)11(15)13-10(12(14)16)8-3-4-8/h6-10H,3-5H2,1-2H3,(H,13,15). The maximum Gasteiger partial charge on any atom is 0.246 e. The molecule has 4 unspecified atom stereocenters. The monoisotopic (exact) mass is 222 g/mol. The second kappa shape index (κ2) is 3.22. The quantitative estimate of drug-likeness (QED) is 0.740. The molecule has 0 radical (unpaired) electrons. The van der Waals surface area contributed by atoms with E-state index in [4.69, 9.17) is 0 Å². The van der Waals surface area contributed by atoms with Crippen LogP contribution in [0.4, 0.5) is 0 Å². The summed E-state index contributed by atoms with van der Waals surface area (Å²) in [4.78, 5) is 26.0. The third-order valence-electron chi connectivity index (χ3n) is 4.13. The molecule has 2 amide bonds. The highest BCUT2D eigenvalue weighted by atomic mass is 16.2. The van der Waals surface area contributed by atoms with Gasteiger partial charge in [-0.1, -0.05) is 6.92 Å². The molecule has 0 aromatic heterocycles. The van der Waals surface area contributed by atoms with Gasteiger partial charge in [-0.25, -0.2) is 0 Å². The molecule has 16 heavy (non-hydrogen) atoms. The van der Waals surface area contributed by atoms with Crippen LogP contribution in [0.15, 0.2) is 0 Å². The number of hydrogen-bond donors (Lipinski definition) is 1. The fourth-order valence-corrected chi connectivity index (χ4v) is 2.70. The van der Waals surface area contributed by atoms with Gasteiger partial charge in [0.2, 0.25) is 11.8 Å². The molecule has 4 heteroatoms. The lowest BCUT2D eigenvalue weighted by Gasteiger charge is -2.38. The summed E-state index contributed by atoms with van der Waals surface area (Å²) in [6, 6.07) is -0.191. The van der Waals surface area contributed by atoms with Gasteiger partial charge in [0.25, 0.3) is 0 Å². The Morgan fingerprint density at radius 1 is 1.25 bits per heavy atom. The zero-order chi connectivity index (χ0) is 11.4. The van der Waals surface area contributed by atoms with Crippen molar-refractivity contribution in [3.05, 3.63) is 0 Å². The number of nitrogens with zero attached hydrogens (tertiary/aromatic N) is 1. The van der Waals surface area contributed by atoms with Crippen LogP contribution < -0.4 is 5.32 Å². The Kier molecular flexibility index (Phi) is 2.03. The van der Waals surface area contributed by atoms with Crippen molar-refractivity contribution < 1.29 is 9.59 Å². The third kappa shape index (κ3) is 1.43.